The molecule has 0 spiro atoms. The van der Waals surface area contributed by atoms with Crippen LogP contribution in [0, 0.1) is 6.92 Å². The van der Waals surface area contributed by atoms with E-state index >= 15 is 0 Å². The Labute approximate surface area is 150 Å². The third-order valence-electron chi connectivity index (χ3n) is 3.77. The van der Waals surface area contributed by atoms with Crippen LogP contribution >= 0.6 is 0 Å². The number of sulfonamides is 1. The first kappa shape index (κ1) is 17.8. The van der Waals surface area contributed by atoms with Gasteiger partial charge in [0, 0.05) is 16.6 Å². The fraction of sp³-hybridized carbons (Fsp3) is 0.167. The van der Waals surface area contributed by atoms with Crippen molar-refractivity contribution in [3.8, 4) is 5.75 Å². The van der Waals surface area contributed by atoms with E-state index in [9.17, 15) is 18.3 Å². The van der Waals surface area contributed by atoms with Gasteiger partial charge >= 0.3 is 0 Å². The molecule has 0 bridgehead atoms. The third kappa shape index (κ3) is 3.36. The van der Waals surface area contributed by atoms with E-state index in [1.807, 2.05) is 6.92 Å². The van der Waals surface area contributed by atoms with Crippen LogP contribution < -0.4 is 14.6 Å². The maximum Gasteiger partial charge on any atom is 0.261 e. The number of aryl methyl sites for hydroxylation is 1. The van der Waals surface area contributed by atoms with Crippen LogP contribution in [0.2, 0.25) is 0 Å². The normalized spacial score (nSPS) is 11.5. The molecule has 2 aromatic carbocycles. The van der Waals surface area contributed by atoms with E-state index in [-0.39, 0.29) is 27.3 Å². The molecular weight excluding hydrogens is 358 g/mol. The molecule has 0 saturated carbocycles. The number of hydrogen-bond acceptors (Lipinski definition) is 6. The second kappa shape index (κ2) is 6.72. The summed E-state index contributed by atoms with van der Waals surface area (Å²) in [6, 6.07) is 10.4. The van der Waals surface area contributed by atoms with Crippen molar-refractivity contribution >= 4 is 32.6 Å². The monoisotopic (exact) mass is 374 g/mol. The van der Waals surface area contributed by atoms with E-state index in [1.54, 1.807) is 12.1 Å². The largest absolute Gasteiger partial charge is 0.545 e. The Bertz CT molecular complexity index is 1070. The zero-order valence-electron chi connectivity index (χ0n) is 14.1. The Balaban J connectivity index is 1.94. The fourth-order valence-electron chi connectivity index (χ4n) is 2.63. The molecular formula is C18H16NO6S-. The van der Waals surface area contributed by atoms with E-state index in [2.05, 4.69) is 4.72 Å². The molecule has 3 aromatic rings. The number of benzene rings is 2. The lowest BCUT2D eigenvalue weighted by molar-refractivity contribution is -0.254. The standard InChI is InChI=1S/C18H17NO6S/c1-3-24-13-5-7-14(8-6-13)26(22,23)19-12-4-9-16-15(10-12)17(18(20)21)11(2)25-16/h4-10,19H,3H2,1-2H3,(H,20,21)/p-1. The molecule has 1 heterocycles. The minimum Gasteiger partial charge on any atom is -0.545 e. The summed E-state index contributed by atoms with van der Waals surface area (Å²) in [6.45, 7) is 3.82. The summed E-state index contributed by atoms with van der Waals surface area (Å²) in [6.07, 6.45) is 0. The highest BCUT2D eigenvalue weighted by atomic mass is 32.2. The highest BCUT2D eigenvalue weighted by Gasteiger charge is 2.17. The van der Waals surface area contributed by atoms with Crippen molar-refractivity contribution in [2.24, 2.45) is 0 Å². The lowest BCUT2D eigenvalue weighted by Crippen LogP contribution is -2.22. The van der Waals surface area contributed by atoms with Gasteiger partial charge in [0.15, 0.2) is 0 Å². The molecule has 0 radical (unpaired) electrons. The third-order valence-corrected chi connectivity index (χ3v) is 5.16. The lowest BCUT2D eigenvalue weighted by Gasteiger charge is -2.09. The molecule has 0 unspecified atom stereocenters. The van der Waals surface area contributed by atoms with Crippen LogP contribution in [0.5, 0.6) is 5.75 Å². The van der Waals surface area contributed by atoms with Crippen LogP contribution in [0.1, 0.15) is 23.0 Å². The van der Waals surface area contributed by atoms with Gasteiger partial charge in [-0.2, -0.15) is 0 Å². The molecule has 0 fully saturated rings. The minimum atomic E-state index is -3.84. The van der Waals surface area contributed by atoms with Gasteiger partial charge in [0.2, 0.25) is 0 Å². The molecule has 1 aromatic heterocycles. The van der Waals surface area contributed by atoms with E-state index in [4.69, 9.17) is 9.15 Å². The Kier molecular flexibility index (Phi) is 4.60. The lowest BCUT2D eigenvalue weighted by atomic mass is 10.1. The van der Waals surface area contributed by atoms with Crippen LogP contribution in [-0.2, 0) is 10.0 Å². The first-order valence-electron chi connectivity index (χ1n) is 7.82. The Hall–Kier alpha value is -3.00. The van der Waals surface area contributed by atoms with Crippen molar-refractivity contribution < 1.29 is 27.5 Å². The number of ether oxygens (including phenoxy) is 1. The SMILES string of the molecule is CCOc1ccc(S(=O)(=O)Nc2ccc3oc(C)c(C(=O)[O-])c3c2)cc1. The number of carboxylic acid groups (broad SMARTS) is 1. The first-order valence-corrected chi connectivity index (χ1v) is 9.30. The van der Waals surface area contributed by atoms with Crippen molar-refractivity contribution in [2.75, 3.05) is 11.3 Å². The number of hydrogen-bond donors (Lipinski definition) is 1. The molecule has 0 amide bonds. The number of carboxylic acids is 1. The van der Waals surface area contributed by atoms with Crippen molar-refractivity contribution in [1.29, 1.82) is 0 Å². The molecule has 0 aliphatic heterocycles. The van der Waals surface area contributed by atoms with Crippen molar-refractivity contribution in [3.63, 3.8) is 0 Å². The summed E-state index contributed by atoms with van der Waals surface area (Å²) in [5.74, 6) is -0.611. The summed E-state index contributed by atoms with van der Waals surface area (Å²) in [7, 11) is -3.84. The van der Waals surface area contributed by atoms with Gasteiger partial charge in [-0.05, 0) is 56.3 Å². The fourth-order valence-corrected chi connectivity index (χ4v) is 3.68. The van der Waals surface area contributed by atoms with Gasteiger partial charge in [-0.3, -0.25) is 4.72 Å². The highest BCUT2D eigenvalue weighted by Crippen LogP contribution is 2.29. The smallest absolute Gasteiger partial charge is 0.261 e. The van der Waals surface area contributed by atoms with Crippen LogP contribution in [-0.4, -0.2) is 21.0 Å². The molecule has 26 heavy (non-hydrogen) atoms. The molecule has 1 N–H and O–H groups in total. The summed E-state index contributed by atoms with van der Waals surface area (Å²) in [4.78, 5) is 11.3. The maximum atomic E-state index is 12.5. The van der Waals surface area contributed by atoms with Gasteiger partial charge in [0.25, 0.3) is 10.0 Å². The van der Waals surface area contributed by atoms with Crippen LogP contribution in [0.15, 0.2) is 51.8 Å². The molecule has 0 aliphatic rings. The number of rotatable bonds is 6. The van der Waals surface area contributed by atoms with E-state index in [0.717, 1.165) is 0 Å². The molecule has 0 aliphatic carbocycles. The zero-order valence-corrected chi connectivity index (χ0v) is 14.9. The highest BCUT2D eigenvalue weighted by molar-refractivity contribution is 7.92. The topological polar surface area (TPSA) is 109 Å². The maximum absolute atomic E-state index is 12.5. The number of carbonyl (C=O) groups excluding carboxylic acids is 1. The number of fused-ring (bicyclic) bond motifs is 1. The Morgan fingerprint density at radius 1 is 1.19 bits per heavy atom. The van der Waals surface area contributed by atoms with Crippen molar-refractivity contribution in [2.45, 2.75) is 18.7 Å². The van der Waals surface area contributed by atoms with Gasteiger partial charge < -0.3 is 19.1 Å². The van der Waals surface area contributed by atoms with Crippen LogP contribution in [0.4, 0.5) is 5.69 Å². The van der Waals surface area contributed by atoms with Gasteiger partial charge in [-0.15, -0.1) is 0 Å². The van der Waals surface area contributed by atoms with Gasteiger partial charge in [0.1, 0.15) is 17.1 Å². The van der Waals surface area contributed by atoms with Crippen LogP contribution in [0.3, 0.4) is 0 Å². The Morgan fingerprint density at radius 2 is 1.88 bits per heavy atom. The predicted molar refractivity (Wildman–Crippen MR) is 93.7 cm³/mol. The molecule has 7 nitrogen and oxygen atoms in total. The molecule has 8 heteroatoms. The van der Waals surface area contributed by atoms with Gasteiger partial charge in [-0.25, -0.2) is 8.42 Å². The summed E-state index contributed by atoms with van der Waals surface area (Å²) in [5.41, 5.74) is 0.461. The van der Waals surface area contributed by atoms with Crippen molar-refractivity contribution in [1.82, 2.24) is 0 Å². The quantitative estimate of drug-likeness (QED) is 0.709. The summed E-state index contributed by atoms with van der Waals surface area (Å²) in [5, 5.41) is 11.6. The van der Waals surface area contributed by atoms with Crippen LogP contribution in [0.25, 0.3) is 11.0 Å². The summed E-state index contributed by atoms with van der Waals surface area (Å²) >= 11 is 0. The zero-order chi connectivity index (χ0) is 18.9. The Morgan fingerprint density at radius 3 is 2.50 bits per heavy atom. The second-order valence-corrected chi connectivity index (χ2v) is 7.22. The predicted octanol–water partition coefficient (Wildman–Crippen LogP) is 2.30. The van der Waals surface area contributed by atoms with E-state index in [0.29, 0.717) is 17.9 Å². The molecule has 0 saturated heterocycles. The number of nitrogens with one attached hydrogen (secondary N) is 1. The minimum absolute atomic E-state index is 0.0598. The first-order chi connectivity index (χ1) is 12.3. The summed E-state index contributed by atoms with van der Waals surface area (Å²) < 4.78 is 38.1. The second-order valence-electron chi connectivity index (χ2n) is 5.54. The van der Waals surface area contributed by atoms with Gasteiger partial charge in [-0.1, -0.05) is 0 Å². The molecule has 136 valence electrons. The van der Waals surface area contributed by atoms with E-state index in [1.165, 1.54) is 37.3 Å². The number of carbonyl (C=O) groups is 1. The average molecular weight is 374 g/mol. The van der Waals surface area contributed by atoms with Gasteiger partial charge in [0.05, 0.1) is 17.5 Å². The number of furan rings is 1. The van der Waals surface area contributed by atoms with E-state index < -0.39 is 16.0 Å². The molecule has 3 rings (SSSR count). The van der Waals surface area contributed by atoms with Crippen molar-refractivity contribution in [3.05, 3.63) is 53.8 Å². The average Bonchev–Trinajstić information content (AvgIpc) is 2.90. The number of anilines is 1. The number of aromatic carboxylic acids is 1. The molecule has 0 atom stereocenters.